The molecule has 0 spiro atoms. The van der Waals surface area contributed by atoms with Crippen LogP contribution in [0.2, 0.25) is 5.02 Å². The van der Waals surface area contributed by atoms with E-state index in [1.54, 1.807) is 17.9 Å². The fraction of sp³-hybridized carbons (Fsp3) is 0.417. The van der Waals surface area contributed by atoms with E-state index in [1.165, 1.54) is 0 Å². The summed E-state index contributed by atoms with van der Waals surface area (Å²) < 4.78 is 5.05. The highest BCUT2D eigenvalue weighted by Crippen LogP contribution is 2.33. The zero-order valence-corrected chi connectivity index (χ0v) is 20.0. The minimum Gasteiger partial charge on any atom is -0.339 e. The molecule has 0 bridgehead atoms. The molecule has 0 fully saturated rings. The number of amidine groups is 1. The molecule has 1 aromatic heterocycles. The summed E-state index contributed by atoms with van der Waals surface area (Å²) >= 11 is 6.60. The summed E-state index contributed by atoms with van der Waals surface area (Å²) in [6.45, 7) is 11.2. The van der Waals surface area contributed by atoms with E-state index in [2.05, 4.69) is 22.4 Å². The summed E-state index contributed by atoms with van der Waals surface area (Å²) in [5.74, 6) is 1.49. The number of rotatable bonds is 8. The minimum atomic E-state index is -0.123. The maximum absolute atomic E-state index is 13.4. The lowest BCUT2D eigenvalue weighted by molar-refractivity contribution is -0.121. The predicted molar refractivity (Wildman–Crippen MR) is 128 cm³/mol. The second-order valence-electron chi connectivity index (χ2n) is 7.62. The minimum absolute atomic E-state index is 0.0930. The number of carbonyl (C=O) groups is 1. The molecule has 0 saturated heterocycles. The van der Waals surface area contributed by atoms with E-state index in [9.17, 15) is 4.79 Å². The average Bonchev–Trinajstić information content (AvgIpc) is 3.21. The van der Waals surface area contributed by atoms with Crippen molar-refractivity contribution >= 4 is 28.9 Å². The van der Waals surface area contributed by atoms with Crippen LogP contribution in [0.1, 0.15) is 52.0 Å². The lowest BCUT2D eigenvalue weighted by Gasteiger charge is -2.30. The first-order chi connectivity index (χ1) is 15.4. The van der Waals surface area contributed by atoms with E-state index in [1.807, 2.05) is 45.1 Å². The van der Waals surface area contributed by atoms with Crippen LogP contribution in [0.4, 0.5) is 0 Å². The molecule has 1 aliphatic rings. The predicted octanol–water partition coefficient (Wildman–Crippen LogP) is 5.02. The summed E-state index contributed by atoms with van der Waals surface area (Å²) in [5.41, 5.74) is 2.81. The number of aromatic nitrogens is 2. The molecule has 3 rings (SSSR count). The quantitative estimate of drug-likeness (QED) is 0.564. The van der Waals surface area contributed by atoms with Gasteiger partial charge in [0, 0.05) is 40.8 Å². The molecule has 170 valence electrons. The van der Waals surface area contributed by atoms with Crippen molar-refractivity contribution in [2.45, 2.75) is 53.6 Å². The summed E-state index contributed by atoms with van der Waals surface area (Å²) in [5, 5.41) is 7.78. The highest BCUT2D eigenvalue weighted by Gasteiger charge is 2.31. The highest BCUT2D eigenvalue weighted by molar-refractivity contribution is 6.37. The number of hydrogen-bond acceptors (Lipinski definition) is 6. The van der Waals surface area contributed by atoms with Gasteiger partial charge in [0.1, 0.15) is 5.84 Å². The van der Waals surface area contributed by atoms with Crippen LogP contribution < -0.4 is 5.32 Å². The number of halogens is 1. The van der Waals surface area contributed by atoms with E-state index >= 15 is 0 Å². The van der Waals surface area contributed by atoms with Crippen molar-refractivity contribution in [2.75, 3.05) is 13.1 Å². The third kappa shape index (κ3) is 5.16. The molecular weight excluding hydrogens is 426 g/mol. The van der Waals surface area contributed by atoms with Crippen molar-refractivity contribution in [3.8, 4) is 11.4 Å². The van der Waals surface area contributed by atoms with Crippen LogP contribution in [0.5, 0.6) is 0 Å². The highest BCUT2D eigenvalue weighted by atomic mass is 35.5. The SMILES string of the molecule is C/C=C1/C=C(c2ccc(-c3noc(C)n3)cc2Cl)C(=O)N(CC)/C1=N/C(C)NCCCC. The molecule has 32 heavy (non-hydrogen) atoms. The number of hydrogen-bond donors (Lipinski definition) is 1. The molecule has 8 heteroatoms. The van der Waals surface area contributed by atoms with E-state index in [4.69, 9.17) is 21.1 Å². The number of benzene rings is 1. The van der Waals surface area contributed by atoms with Gasteiger partial charge < -0.3 is 4.52 Å². The first-order valence-electron chi connectivity index (χ1n) is 11.0. The molecule has 0 saturated carbocycles. The van der Waals surface area contributed by atoms with Gasteiger partial charge in [0.05, 0.1) is 6.17 Å². The molecule has 1 atom stereocenters. The first-order valence-corrected chi connectivity index (χ1v) is 11.4. The average molecular weight is 456 g/mol. The Kier molecular flexibility index (Phi) is 7.99. The largest absolute Gasteiger partial charge is 0.339 e. The van der Waals surface area contributed by atoms with E-state index in [0.717, 1.165) is 30.5 Å². The second-order valence-corrected chi connectivity index (χ2v) is 8.03. The van der Waals surface area contributed by atoms with Gasteiger partial charge in [-0.1, -0.05) is 48.3 Å². The van der Waals surface area contributed by atoms with E-state index in [-0.39, 0.29) is 12.1 Å². The van der Waals surface area contributed by atoms with Crippen LogP contribution in [0.15, 0.2) is 45.4 Å². The summed E-state index contributed by atoms with van der Waals surface area (Å²) in [6.07, 6.45) is 5.95. The summed E-state index contributed by atoms with van der Waals surface area (Å²) in [7, 11) is 0. The van der Waals surface area contributed by atoms with Crippen molar-refractivity contribution < 1.29 is 9.32 Å². The molecule has 1 aliphatic heterocycles. The Morgan fingerprint density at radius 1 is 1.34 bits per heavy atom. The first kappa shape index (κ1) is 23.9. The van der Waals surface area contributed by atoms with Gasteiger partial charge in [-0.05, 0) is 45.9 Å². The molecule has 7 nitrogen and oxygen atoms in total. The van der Waals surface area contributed by atoms with Crippen molar-refractivity contribution in [2.24, 2.45) is 4.99 Å². The normalized spacial score (nSPS) is 17.9. The van der Waals surface area contributed by atoms with Gasteiger partial charge in [-0.25, -0.2) is 4.99 Å². The molecule has 2 heterocycles. The van der Waals surface area contributed by atoms with Gasteiger partial charge in [-0.3, -0.25) is 15.0 Å². The number of carbonyl (C=O) groups excluding carboxylic acids is 1. The van der Waals surface area contributed by atoms with Gasteiger partial charge in [-0.15, -0.1) is 0 Å². The molecule has 1 amide bonds. The second kappa shape index (κ2) is 10.7. The monoisotopic (exact) mass is 455 g/mol. The number of aliphatic imine (C=N–C) groups is 1. The van der Waals surface area contributed by atoms with Crippen LogP contribution >= 0.6 is 11.6 Å². The van der Waals surface area contributed by atoms with Crippen molar-refractivity contribution in [3.63, 3.8) is 0 Å². The number of allylic oxidation sites excluding steroid dienone is 1. The Balaban J connectivity index is 1.96. The lowest BCUT2D eigenvalue weighted by Crippen LogP contribution is -2.42. The maximum Gasteiger partial charge on any atom is 0.260 e. The number of nitrogens with zero attached hydrogens (tertiary/aromatic N) is 4. The summed E-state index contributed by atoms with van der Waals surface area (Å²) in [4.78, 5) is 24.2. The van der Waals surface area contributed by atoms with Gasteiger partial charge in [-0.2, -0.15) is 4.98 Å². The molecule has 1 unspecified atom stereocenters. The third-order valence-electron chi connectivity index (χ3n) is 5.25. The molecule has 1 aromatic carbocycles. The van der Waals surface area contributed by atoms with Crippen LogP contribution in [-0.2, 0) is 4.79 Å². The Labute approximate surface area is 194 Å². The van der Waals surface area contributed by atoms with Crippen LogP contribution in [-0.4, -0.2) is 46.0 Å². The van der Waals surface area contributed by atoms with Gasteiger partial charge >= 0.3 is 0 Å². The number of aryl methyl sites for hydroxylation is 1. The topological polar surface area (TPSA) is 83.6 Å². The van der Waals surface area contributed by atoms with Gasteiger partial charge in [0.25, 0.3) is 5.91 Å². The van der Waals surface area contributed by atoms with Gasteiger partial charge in [0.15, 0.2) is 0 Å². The molecule has 0 aliphatic carbocycles. The standard InChI is InChI=1S/C24H30ClN5O2/c1-6-9-12-26-15(4)27-23-17(7-2)13-20(24(31)30(23)8-3)19-11-10-18(14-21(19)25)22-28-16(5)32-29-22/h7,10-11,13-15,26H,6,8-9,12H2,1-5H3/b17-7-,27-23+. The zero-order valence-electron chi connectivity index (χ0n) is 19.3. The number of nitrogens with one attached hydrogen (secondary N) is 1. The smallest absolute Gasteiger partial charge is 0.260 e. The number of likely N-dealkylation sites (N-methyl/N-ethyl adjacent to an activating group) is 1. The van der Waals surface area contributed by atoms with E-state index < -0.39 is 0 Å². The van der Waals surface area contributed by atoms with Gasteiger partial charge in [0.2, 0.25) is 11.7 Å². The van der Waals surface area contributed by atoms with Crippen molar-refractivity contribution in [1.29, 1.82) is 0 Å². The molecule has 1 N–H and O–H groups in total. The molecule has 0 radical (unpaired) electrons. The fourth-order valence-corrected chi connectivity index (χ4v) is 3.81. The van der Waals surface area contributed by atoms with E-state index in [0.29, 0.717) is 40.3 Å². The number of amides is 1. The lowest BCUT2D eigenvalue weighted by atomic mass is 9.95. The summed E-state index contributed by atoms with van der Waals surface area (Å²) in [6, 6.07) is 5.42. The molecular formula is C24H30ClN5O2. The Hall–Kier alpha value is -2.77. The van der Waals surface area contributed by atoms with Crippen molar-refractivity contribution in [3.05, 3.63) is 52.4 Å². The van der Waals surface area contributed by atoms with Crippen LogP contribution in [0.25, 0.3) is 17.0 Å². The fourth-order valence-electron chi connectivity index (χ4n) is 3.53. The number of unbranched alkanes of at least 4 members (excludes halogenated alkanes) is 1. The Morgan fingerprint density at radius 3 is 2.72 bits per heavy atom. The zero-order chi connectivity index (χ0) is 23.3. The maximum atomic E-state index is 13.4. The molecule has 2 aromatic rings. The van der Waals surface area contributed by atoms with Crippen LogP contribution in [0.3, 0.4) is 0 Å². The third-order valence-corrected chi connectivity index (χ3v) is 5.56. The van der Waals surface area contributed by atoms with Crippen LogP contribution in [0, 0.1) is 6.92 Å². The Bertz CT molecular complexity index is 1070. The van der Waals surface area contributed by atoms with Crippen molar-refractivity contribution in [1.82, 2.24) is 20.4 Å². The Morgan fingerprint density at radius 2 is 2.12 bits per heavy atom.